The molecule has 1 atom stereocenters. The molecule has 11 heavy (non-hydrogen) atoms. The van der Waals surface area contributed by atoms with Crippen LogP contribution >= 0.6 is 0 Å². The molecule has 0 saturated carbocycles. The smallest absolute Gasteiger partial charge is 0.312 e. The predicted octanol–water partition coefficient (Wildman–Crippen LogP) is -0.893. The molecule has 2 aliphatic heterocycles. The largest absolute Gasteiger partial charge is 0.346 e. The number of piperazine rings is 1. The molecule has 0 spiro atoms. The van der Waals surface area contributed by atoms with Crippen molar-refractivity contribution >= 4 is 11.8 Å². The van der Waals surface area contributed by atoms with Crippen LogP contribution in [0, 0.1) is 0 Å². The minimum atomic E-state index is -0.442. The lowest BCUT2D eigenvalue weighted by atomic mass is 10.2. The highest BCUT2D eigenvalue weighted by molar-refractivity contribution is 6.35. The van der Waals surface area contributed by atoms with E-state index in [1.807, 2.05) is 0 Å². The minimum absolute atomic E-state index is 0.278. The number of carbonyl (C=O) groups is 2. The van der Waals surface area contributed by atoms with Crippen LogP contribution in [0.3, 0.4) is 0 Å². The van der Waals surface area contributed by atoms with E-state index >= 15 is 0 Å². The number of amides is 2. The molecule has 4 heteroatoms. The summed E-state index contributed by atoms with van der Waals surface area (Å²) in [5, 5.41) is 2.57. The Morgan fingerprint density at radius 1 is 1.45 bits per heavy atom. The molecule has 2 amide bonds. The van der Waals surface area contributed by atoms with Crippen LogP contribution in [-0.2, 0) is 9.59 Å². The quantitative estimate of drug-likeness (QED) is 0.460. The van der Waals surface area contributed by atoms with Crippen LogP contribution in [0.4, 0.5) is 0 Å². The van der Waals surface area contributed by atoms with E-state index in [0.29, 0.717) is 6.54 Å². The molecule has 60 valence electrons. The molecular formula is C7H10N2O2. The SMILES string of the molecule is O=C1NC[C@H]2CCCN2C1=O. The fourth-order valence-electron chi connectivity index (χ4n) is 1.73. The van der Waals surface area contributed by atoms with Gasteiger partial charge < -0.3 is 10.2 Å². The molecule has 0 aliphatic carbocycles. The molecule has 2 heterocycles. The Morgan fingerprint density at radius 3 is 3.09 bits per heavy atom. The van der Waals surface area contributed by atoms with Crippen molar-refractivity contribution < 1.29 is 9.59 Å². The lowest BCUT2D eigenvalue weighted by Gasteiger charge is -2.28. The number of hydrogen-bond acceptors (Lipinski definition) is 2. The van der Waals surface area contributed by atoms with Crippen LogP contribution in [0.5, 0.6) is 0 Å². The standard InChI is InChI=1S/C7H10N2O2/c10-6-7(11)9-3-1-2-5(9)4-8-6/h5H,1-4H2,(H,8,10)/t5-/m1/s1. The maximum absolute atomic E-state index is 11.1. The Labute approximate surface area is 64.5 Å². The highest BCUT2D eigenvalue weighted by Crippen LogP contribution is 2.18. The van der Waals surface area contributed by atoms with Crippen LogP contribution in [0.15, 0.2) is 0 Å². The van der Waals surface area contributed by atoms with Crippen LogP contribution in [0.2, 0.25) is 0 Å². The summed E-state index contributed by atoms with van der Waals surface area (Å²) in [6.07, 6.45) is 2.07. The molecule has 1 N–H and O–H groups in total. The van der Waals surface area contributed by atoms with Crippen molar-refractivity contribution in [3.05, 3.63) is 0 Å². The van der Waals surface area contributed by atoms with Gasteiger partial charge in [-0.05, 0) is 12.8 Å². The Hall–Kier alpha value is -1.06. The number of nitrogens with one attached hydrogen (secondary N) is 1. The van der Waals surface area contributed by atoms with E-state index in [9.17, 15) is 9.59 Å². The van der Waals surface area contributed by atoms with Gasteiger partial charge in [0, 0.05) is 19.1 Å². The molecule has 0 aromatic carbocycles. The van der Waals surface area contributed by atoms with E-state index in [4.69, 9.17) is 0 Å². The molecule has 2 saturated heterocycles. The zero-order valence-electron chi connectivity index (χ0n) is 6.17. The number of hydrogen-bond donors (Lipinski definition) is 1. The molecular weight excluding hydrogens is 144 g/mol. The van der Waals surface area contributed by atoms with Gasteiger partial charge in [-0.25, -0.2) is 0 Å². The maximum atomic E-state index is 11.1. The van der Waals surface area contributed by atoms with Crippen molar-refractivity contribution in [1.82, 2.24) is 10.2 Å². The van der Waals surface area contributed by atoms with Crippen molar-refractivity contribution in [2.75, 3.05) is 13.1 Å². The summed E-state index contributed by atoms with van der Waals surface area (Å²) in [5.74, 6) is -0.790. The van der Waals surface area contributed by atoms with E-state index < -0.39 is 5.91 Å². The van der Waals surface area contributed by atoms with Gasteiger partial charge in [-0.15, -0.1) is 0 Å². The van der Waals surface area contributed by atoms with Gasteiger partial charge in [-0.3, -0.25) is 9.59 Å². The first-order chi connectivity index (χ1) is 5.29. The van der Waals surface area contributed by atoms with Gasteiger partial charge in [0.1, 0.15) is 0 Å². The van der Waals surface area contributed by atoms with Crippen molar-refractivity contribution in [2.45, 2.75) is 18.9 Å². The van der Waals surface area contributed by atoms with Crippen LogP contribution < -0.4 is 5.32 Å². The minimum Gasteiger partial charge on any atom is -0.346 e. The van der Waals surface area contributed by atoms with Crippen LogP contribution in [-0.4, -0.2) is 35.8 Å². The van der Waals surface area contributed by atoms with Gasteiger partial charge in [-0.2, -0.15) is 0 Å². The normalized spacial score (nSPS) is 30.2. The van der Waals surface area contributed by atoms with E-state index in [2.05, 4.69) is 5.32 Å². The van der Waals surface area contributed by atoms with Gasteiger partial charge >= 0.3 is 11.8 Å². The molecule has 2 rings (SSSR count). The first kappa shape index (κ1) is 6.64. The van der Waals surface area contributed by atoms with Crippen molar-refractivity contribution in [3.8, 4) is 0 Å². The molecule has 2 aliphatic rings. The summed E-state index contributed by atoms with van der Waals surface area (Å²) in [6, 6.07) is 0.278. The number of nitrogens with zero attached hydrogens (tertiary/aromatic N) is 1. The van der Waals surface area contributed by atoms with Gasteiger partial charge in [0.15, 0.2) is 0 Å². The molecule has 0 aromatic heterocycles. The third-order valence-electron chi connectivity index (χ3n) is 2.33. The Morgan fingerprint density at radius 2 is 2.27 bits per heavy atom. The van der Waals surface area contributed by atoms with Gasteiger partial charge in [0.05, 0.1) is 0 Å². The number of fused-ring (bicyclic) bond motifs is 1. The third-order valence-corrected chi connectivity index (χ3v) is 2.33. The van der Waals surface area contributed by atoms with Gasteiger partial charge in [0.2, 0.25) is 0 Å². The second kappa shape index (κ2) is 2.22. The van der Waals surface area contributed by atoms with Crippen molar-refractivity contribution in [2.24, 2.45) is 0 Å². The summed E-state index contributed by atoms with van der Waals surface area (Å²) in [7, 11) is 0. The summed E-state index contributed by atoms with van der Waals surface area (Å²) >= 11 is 0. The Balaban J connectivity index is 2.18. The molecule has 2 fully saturated rings. The summed E-state index contributed by atoms with van der Waals surface area (Å²) in [6.45, 7) is 1.40. The number of carbonyl (C=O) groups excluding carboxylic acids is 2. The first-order valence-corrected chi connectivity index (χ1v) is 3.88. The Kier molecular flexibility index (Phi) is 1.34. The van der Waals surface area contributed by atoms with Crippen molar-refractivity contribution in [3.63, 3.8) is 0 Å². The molecule has 4 nitrogen and oxygen atoms in total. The zero-order chi connectivity index (χ0) is 7.84. The lowest BCUT2D eigenvalue weighted by Crippen LogP contribution is -2.55. The highest BCUT2D eigenvalue weighted by Gasteiger charge is 2.36. The average Bonchev–Trinajstić information content (AvgIpc) is 2.45. The fraction of sp³-hybridized carbons (Fsp3) is 0.714. The average molecular weight is 154 g/mol. The van der Waals surface area contributed by atoms with Crippen LogP contribution in [0.25, 0.3) is 0 Å². The maximum Gasteiger partial charge on any atom is 0.312 e. The molecule has 0 unspecified atom stereocenters. The summed E-state index contributed by atoms with van der Waals surface area (Å²) in [4.78, 5) is 23.6. The summed E-state index contributed by atoms with van der Waals surface area (Å²) < 4.78 is 0. The van der Waals surface area contributed by atoms with Gasteiger partial charge in [0.25, 0.3) is 0 Å². The fourth-order valence-corrected chi connectivity index (χ4v) is 1.73. The van der Waals surface area contributed by atoms with E-state index in [-0.39, 0.29) is 11.9 Å². The topological polar surface area (TPSA) is 49.4 Å². The molecule has 0 bridgehead atoms. The first-order valence-electron chi connectivity index (χ1n) is 3.88. The van der Waals surface area contributed by atoms with Crippen LogP contribution in [0.1, 0.15) is 12.8 Å². The monoisotopic (exact) mass is 154 g/mol. The molecule has 0 radical (unpaired) electrons. The van der Waals surface area contributed by atoms with E-state index in [1.165, 1.54) is 0 Å². The Bertz CT molecular complexity index is 214. The zero-order valence-corrected chi connectivity index (χ0v) is 6.17. The highest BCUT2D eigenvalue weighted by atomic mass is 16.2. The van der Waals surface area contributed by atoms with Crippen molar-refractivity contribution in [1.29, 1.82) is 0 Å². The van der Waals surface area contributed by atoms with E-state index in [1.54, 1.807) is 4.90 Å². The third kappa shape index (κ3) is 0.895. The summed E-state index contributed by atoms with van der Waals surface area (Å²) in [5.41, 5.74) is 0. The lowest BCUT2D eigenvalue weighted by molar-refractivity contribution is -0.149. The second-order valence-electron chi connectivity index (χ2n) is 3.00. The second-order valence-corrected chi connectivity index (χ2v) is 3.00. The predicted molar refractivity (Wildman–Crippen MR) is 37.7 cm³/mol. The molecule has 0 aromatic rings. The number of rotatable bonds is 0. The van der Waals surface area contributed by atoms with E-state index in [0.717, 1.165) is 19.4 Å². The van der Waals surface area contributed by atoms with Gasteiger partial charge in [-0.1, -0.05) is 0 Å².